The van der Waals surface area contributed by atoms with E-state index in [1.54, 1.807) is 0 Å². The molecule has 6 heteroatoms. The Kier molecular flexibility index (Phi) is 8.08. The van der Waals surface area contributed by atoms with Crippen LogP contribution in [0.2, 0.25) is 0 Å². The molecule has 318 valence electrons. The molecule has 0 N–H and O–H groups in total. The lowest BCUT2D eigenvalue weighted by atomic mass is 9.91. The van der Waals surface area contributed by atoms with Gasteiger partial charge in [-0.25, -0.2) is 0 Å². The van der Waals surface area contributed by atoms with E-state index in [1.807, 2.05) is 6.92 Å². The summed E-state index contributed by atoms with van der Waals surface area (Å²) in [6.07, 6.45) is 0. The van der Waals surface area contributed by atoms with Gasteiger partial charge in [-0.1, -0.05) is 152 Å². The van der Waals surface area contributed by atoms with Crippen LogP contribution >= 0.6 is 0 Å². The molecule has 0 aliphatic rings. The Bertz CT molecular complexity index is 4280. The summed E-state index contributed by atoms with van der Waals surface area (Å²) in [5, 5.41) is 21.5. The average Bonchev–Trinajstić information content (AvgIpc) is 4.11. The number of nitrogens with zero attached hydrogens (tertiary/aromatic N) is 6. The summed E-state index contributed by atoms with van der Waals surface area (Å²) in [5.74, 6) is 0. The number of aryl methyl sites for hydroxylation is 2. The third kappa shape index (κ3) is 5.13. The molecule has 0 bridgehead atoms. The monoisotopic (exact) mass is 868 g/mol. The second-order valence-electron chi connectivity index (χ2n) is 17.8. The maximum absolute atomic E-state index is 12.5. The predicted molar refractivity (Wildman–Crippen MR) is 281 cm³/mol. The van der Waals surface area contributed by atoms with Crippen LogP contribution in [0.5, 0.6) is 0 Å². The largest absolute Gasteiger partial charge is 0.306 e. The fourth-order valence-corrected chi connectivity index (χ4v) is 11.5. The zero-order chi connectivity index (χ0) is 45.2. The van der Waals surface area contributed by atoms with E-state index in [0.717, 1.165) is 132 Å². The van der Waals surface area contributed by atoms with Gasteiger partial charge in [0, 0.05) is 65.6 Å². The summed E-state index contributed by atoms with van der Waals surface area (Å²) in [4.78, 5) is 5.17. The minimum absolute atomic E-state index is 0.545. The zero-order valence-electron chi connectivity index (χ0n) is 37.3. The van der Waals surface area contributed by atoms with Gasteiger partial charge in [0.1, 0.15) is 6.07 Å². The first-order valence-corrected chi connectivity index (χ1v) is 23.1. The molecule has 0 aliphatic carbocycles. The van der Waals surface area contributed by atoms with Crippen molar-refractivity contribution in [3.63, 3.8) is 0 Å². The number of nitriles is 1. The van der Waals surface area contributed by atoms with Crippen LogP contribution in [-0.4, -0.2) is 23.3 Å². The van der Waals surface area contributed by atoms with Gasteiger partial charge >= 0.3 is 0 Å². The predicted octanol–water partition coefficient (Wildman–Crippen LogP) is 15.6. The van der Waals surface area contributed by atoms with Crippen LogP contribution in [0, 0.1) is 25.2 Å². The molecular weight excluding hydrogens is 829 g/mol. The van der Waals surface area contributed by atoms with Crippen LogP contribution < -0.4 is 0 Å². The smallest absolute Gasteiger partial charge is 0.102 e. The quantitative estimate of drug-likeness (QED) is 0.173. The lowest BCUT2D eigenvalue weighted by Crippen LogP contribution is -2.17. The molecule has 68 heavy (non-hydrogen) atoms. The van der Waals surface area contributed by atoms with Crippen LogP contribution in [0.3, 0.4) is 0 Å². The van der Waals surface area contributed by atoms with Crippen molar-refractivity contribution in [1.82, 2.24) is 23.3 Å². The molecule has 0 fully saturated rings. The molecule has 9 aromatic carbocycles. The second kappa shape index (κ2) is 14.4. The van der Waals surface area contributed by atoms with Gasteiger partial charge in [0.25, 0.3) is 0 Å². The summed E-state index contributed by atoms with van der Waals surface area (Å²) in [6.45, 7) is 4.12. The van der Waals surface area contributed by atoms with Crippen molar-refractivity contribution in [2.45, 2.75) is 13.8 Å². The third-order valence-corrected chi connectivity index (χ3v) is 14.2. The summed E-state index contributed by atoms with van der Waals surface area (Å²) in [7, 11) is 0. The molecule has 0 radical (unpaired) electrons. The Morgan fingerprint density at radius 1 is 0.324 bits per heavy atom. The highest BCUT2D eigenvalue weighted by Gasteiger charge is 2.35. The van der Waals surface area contributed by atoms with Crippen LogP contribution in [0.4, 0.5) is 0 Å². The number of aromatic nitrogens is 5. The number of fused-ring (bicyclic) bond motifs is 12. The molecule has 0 aliphatic heterocycles. The number of benzene rings is 9. The SMILES string of the molecule is Cc1ccc(-c2c(C#N)c(-n3c4ccccc4c4ccccc43)c(-n3c4ccccc4c4ccccc43)c(-n3c4ccccc4c4ccccc43)c2-n2c3ccccc3c3ccccc32)c(C)n1. The highest BCUT2D eigenvalue weighted by molar-refractivity contribution is 6.17. The Labute approximate surface area is 391 Å². The Hall–Kier alpha value is -9.18. The lowest BCUT2D eigenvalue weighted by Gasteiger charge is -2.29. The fourth-order valence-electron chi connectivity index (χ4n) is 11.5. The normalized spacial score (nSPS) is 12.0. The van der Waals surface area contributed by atoms with Crippen molar-refractivity contribution in [3.05, 3.63) is 223 Å². The number of pyridine rings is 1. The zero-order valence-corrected chi connectivity index (χ0v) is 37.3. The molecule has 0 unspecified atom stereocenters. The average molecular weight is 869 g/mol. The first-order valence-electron chi connectivity index (χ1n) is 23.1. The van der Waals surface area contributed by atoms with E-state index in [0.29, 0.717) is 5.56 Å². The molecule has 0 atom stereocenters. The van der Waals surface area contributed by atoms with Crippen LogP contribution in [-0.2, 0) is 0 Å². The van der Waals surface area contributed by atoms with Gasteiger partial charge in [-0.2, -0.15) is 5.26 Å². The molecule has 14 rings (SSSR count). The van der Waals surface area contributed by atoms with E-state index in [9.17, 15) is 5.26 Å². The van der Waals surface area contributed by atoms with E-state index in [2.05, 4.69) is 238 Å². The van der Waals surface area contributed by atoms with E-state index in [1.165, 1.54) is 0 Å². The molecule has 0 saturated heterocycles. The Morgan fingerprint density at radius 2 is 0.588 bits per heavy atom. The van der Waals surface area contributed by atoms with E-state index in [-0.39, 0.29) is 0 Å². The molecule has 5 aromatic heterocycles. The van der Waals surface area contributed by atoms with Crippen LogP contribution in [0.25, 0.3) is 121 Å². The van der Waals surface area contributed by atoms with Crippen LogP contribution in [0.1, 0.15) is 17.0 Å². The van der Waals surface area contributed by atoms with Gasteiger partial charge in [-0.15, -0.1) is 0 Å². The standard InChI is InChI=1S/C62H40N6/c1-38-35-36-40(39(2)64-38)58-49(37-63)59(65-50-27-11-3-19-41(50)42-20-4-12-28-51(42)65)61(67-54-31-15-7-23-45(54)46-24-8-16-32-55(46)67)62(68-56-33-17-9-25-47(56)48-26-10-18-34-57(48)68)60(58)66-52-29-13-5-21-43(52)44-22-6-14-30-53(44)66/h3-36H,1-2H3. The summed E-state index contributed by atoms with van der Waals surface area (Å²) < 4.78 is 9.74. The van der Waals surface area contributed by atoms with E-state index in [4.69, 9.17) is 4.98 Å². The van der Waals surface area contributed by atoms with Crippen molar-refractivity contribution >= 4 is 87.2 Å². The minimum atomic E-state index is 0.545. The Morgan fingerprint density at radius 3 is 0.882 bits per heavy atom. The molecule has 0 amide bonds. The Balaban J connectivity index is 1.39. The van der Waals surface area contributed by atoms with Crippen LogP contribution in [0.15, 0.2) is 206 Å². The van der Waals surface area contributed by atoms with Crippen molar-refractivity contribution in [3.8, 4) is 39.9 Å². The van der Waals surface area contributed by atoms with Gasteiger partial charge in [0.15, 0.2) is 0 Å². The van der Waals surface area contributed by atoms with Crippen molar-refractivity contribution < 1.29 is 0 Å². The topological polar surface area (TPSA) is 56.4 Å². The van der Waals surface area contributed by atoms with Crippen molar-refractivity contribution in [2.75, 3.05) is 0 Å². The van der Waals surface area contributed by atoms with Crippen molar-refractivity contribution in [1.29, 1.82) is 5.26 Å². The highest BCUT2D eigenvalue weighted by Crippen LogP contribution is 2.52. The van der Waals surface area contributed by atoms with Gasteiger partial charge in [0.2, 0.25) is 0 Å². The van der Waals surface area contributed by atoms with Gasteiger partial charge in [-0.3, -0.25) is 4.98 Å². The summed E-state index contributed by atoms with van der Waals surface area (Å²) in [5.41, 5.74) is 15.8. The van der Waals surface area contributed by atoms with Gasteiger partial charge in [-0.05, 0) is 68.4 Å². The first-order chi connectivity index (χ1) is 33.6. The van der Waals surface area contributed by atoms with E-state index < -0.39 is 0 Å². The second-order valence-corrected chi connectivity index (χ2v) is 17.8. The van der Waals surface area contributed by atoms with Crippen molar-refractivity contribution in [2.24, 2.45) is 0 Å². The third-order valence-electron chi connectivity index (χ3n) is 14.2. The number of hydrogen-bond acceptors (Lipinski definition) is 2. The molecule has 14 aromatic rings. The highest BCUT2D eigenvalue weighted by atomic mass is 15.1. The summed E-state index contributed by atoms with van der Waals surface area (Å²) >= 11 is 0. The molecule has 0 spiro atoms. The molecule has 0 saturated carbocycles. The minimum Gasteiger partial charge on any atom is -0.306 e. The molecule has 6 nitrogen and oxygen atoms in total. The lowest BCUT2D eigenvalue weighted by molar-refractivity contribution is 1.02. The number of rotatable bonds is 5. The molecular formula is C62H40N6. The van der Waals surface area contributed by atoms with Gasteiger partial charge in [0.05, 0.1) is 72.4 Å². The van der Waals surface area contributed by atoms with E-state index >= 15 is 0 Å². The number of para-hydroxylation sites is 8. The number of hydrogen-bond donors (Lipinski definition) is 0. The first kappa shape index (κ1) is 38.1. The fraction of sp³-hybridized carbons (Fsp3) is 0.0323. The maximum atomic E-state index is 12.5. The maximum Gasteiger partial charge on any atom is 0.102 e. The summed E-state index contributed by atoms with van der Waals surface area (Å²) in [6, 6.07) is 76.8. The van der Waals surface area contributed by atoms with Gasteiger partial charge < -0.3 is 18.3 Å². The molecule has 5 heterocycles.